The van der Waals surface area contributed by atoms with Crippen LogP contribution in [-0.4, -0.2) is 36.3 Å². The van der Waals surface area contributed by atoms with Crippen molar-refractivity contribution in [2.75, 3.05) is 26.6 Å². The van der Waals surface area contributed by atoms with Crippen LogP contribution in [0.15, 0.2) is 30.6 Å². The first-order valence-corrected chi connectivity index (χ1v) is 9.04. The summed E-state index contributed by atoms with van der Waals surface area (Å²) in [4.78, 5) is 13.4. The first kappa shape index (κ1) is 17.3. The number of rotatable bonds is 5. The van der Waals surface area contributed by atoms with Crippen molar-refractivity contribution in [1.82, 2.24) is 15.0 Å². The molecule has 0 unspecified atom stereocenters. The highest BCUT2D eigenvalue weighted by molar-refractivity contribution is 7.19. The van der Waals surface area contributed by atoms with Crippen molar-refractivity contribution in [2.24, 2.45) is 0 Å². The van der Waals surface area contributed by atoms with Crippen LogP contribution in [0.25, 0.3) is 21.1 Å². The lowest BCUT2D eigenvalue weighted by Gasteiger charge is -2.15. The average molecular weight is 382 g/mol. The van der Waals surface area contributed by atoms with Gasteiger partial charge in [0.2, 0.25) is 5.75 Å². The Morgan fingerprint density at radius 2 is 1.63 bits per heavy atom. The second-order valence-corrected chi connectivity index (χ2v) is 7.01. The van der Waals surface area contributed by atoms with E-state index < -0.39 is 0 Å². The summed E-state index contributed by atoms with van der Waals surface area (Å²) in [6, 6.07) is 7.62. The van der Waals surface area contributed by atoms with E-state index in [4.69, 9.17) is 14.2 Å². The molecule has 4 aromatic rings. The van der Waals surface area contributed by atoms with Gasteiger partial charge in [-0.05, 0) is 19.1 Å². The van der Waals surface area contributed by atoms with E-state index in [1.54, 1.807) is 39.0 Å². The summed E-state index contributed by atoms with van der Waals surface area (Å²) in [5.41, 5.74) is 2.56. The Bertz CT molecular complexity index is 1120. The maximum atomic E-state index is 5.43. The number of nitrogens with one attached hydrogen (secondary N) is 1. The Balaban J connectivity index is 1.88. The molecule has 2 aromatic heterocycles. The molecule has 0 atom stereocenters. The number of ether oxygens (including phenoxy) is 3. The third kappa shape index (κ3) is 2.97. The largest absolute Gasteiger partial charge is 0.493 e. The summed E-state index contributed by atoms with van der Waals surface area (Å²) in [6.07, 6.45) is 1.54. The molecule has 7 nitrogen and oxygen atoms in total. The number of anilines is 2. The Hall–Kier alpha value is -3.13. The minimum absolute atomic E-state index is 0.540. The van der Waals surface area contributed by atoms with Gasteiger partial charge in [0.05, 0.1) is 47.5 Å². The van der Waals surface area contributed by atoms with Crippen LogP contribution in [0.4, 0.5) is 11.5 Å². The van der Waals surface area contributed by atoms with E-state index in [0.29, 0.717) is 23.1 Å². The van der Waals surface area contributed by atoms with Crippen molar-refractivity contribution in [1.29, 1.82) is 0 Å². The number of hydrogen-bond donors (Lipinski definition) is 1. The predicted molar refractivity (Wildman–Crippen MR) is 107 cm³/mol. The van der Waals surface area contributed by atoms with E-state index in [1.807, 2.05) is 31.2 Å². The van der Waals surface area contributed by atoms with E-state index in [1.165, 1.54) is 0 Å². The fourth-order valence-electron chi connectivity index (χ4n) is 3.03. The number of thiazole rings is 1. The molecule has 0 aliphatic heterocycles. The molecule has 0 bridgehead atoms. The highest BCUT2D eigenvalue weighted by atomic mass is 32.1. The smallest absolute Gasteiger partial charge is 0.203 e. The van der Waals surface area contributed by atoms with Gasteiger partial charge in [-0.25, -0.2) is 15.0 Å². The topological polar surface area (TPSA) is 78.4 Å². The fraction of sp³-hybridized carbons (Fsp3) is 0.211. The molecule has 0 radical (unpaired) electrons. The minimum Gasteiger partial charge on any atom is -0.493 e. The Morgan fingerprint density at radius 3 is 2.30 bits per heavy atom. The number of fused-ring (bicyclic) bond motifs is 3. The summed E-state index contributed by atoms with van der Waals surface area (Å²) in [5, 5.41) is 5.30. The molecule has 0 aliphatic carbocycles. The van der Waals surface area contributed by atoms with Gasteiger partial charge in [-0.1, -0.05) is 0 Å². The van der Waals surface area contributed by atoms with Gasteiger partial charge in [0, 0.05) is 17.8 Å². The van der Waals surface area contributed by atoms with Crippen LogP contribution >= 0.6 is 11.3 Å². The van der Waals surface area contributed by atoms with Crippen molar-refractivity contribution in [3.05, 3.63) is 35.6 Å². The lowest BCUT2D eigenvalue weighted by Crippen LogP contribution is -2.00. The Labute approximate surface area is 160 Å². The molecule has 0 aliphatic rings. The van der Waals surface area contributed by atoms with Gasteiger partial charge in [0.1, 0.15) is 12.1 Å². The molecule has 0 amide bonds. The van der Waals surface area contributed by atoms with Gasteiger partial charge in [0.15, 0.2) is 11.5 Å². The standard InChI is InChI=1S/C19H18N4O3S/c1-10-22-13-6-5-12-16(18(13)27-10)19(21-9-20-12)23-11-7-14(24-2)17(26-4)15(8-11)25-3/h5-9H,1-4H3,(H,20,21,23). The molecule has 0 spiro atoms. The zero-order valence-corrected chi connectivity index (χ0v) is 16.2. The minimum atomic E-state index is 0.540. The molecule has 8 heteroatoms. The zero-order valence-electron chi connectivity index (χ0n) is 15.4. The maximum absolute atomic E-state index is 5.43. The molecular weight excluding hydrogens is 364 g/mol. The molecular formula is C19H18N4O3S. The average Bonchev–Trinajstić information content (AvgIpc) is 3.07. The van der Waals surface area contributed by atoms with Crippen LogP contribution in [0.1, 0.15) is 5.01 Å². The number of nitrogens with zero attached hydrogens (tertiary/aromatic N) is 3. The SMILES string of the molecule is COc1cc(Nc2ncnc3ccc4nc(C)sc4c23)cc(OC)c1OC. The quantitative estimate of drug-likeness (QED) is 0.551. The van der Waals surface area contributed by atoms with Gasteiger partial charge in [0.25, 0.3) is 0 Å². The van der Waals surface area contributed by atoms with E-state index in [0.717, 1.165) is 31.8 Å². The van der Waals surface area contributed by atoms with Gasteiger partial charge in [-0.15, -0.1) is 11.3 Å². The first-order valence-electron chi connectivity index (χ1n) is 8.22. The van der Waals surface area contributed by atoms with Gasteiger partial charge < -0.3 is 19.5 Å². The van der Waals surface area contributed by atoms with E-state index in [-0.39, 0.29) is 0 Å². The molecule has 138 valence electrons. The second kappa shape index (κ2) is 6.88. The molecule has 0 fully saturated rings. The van der Waals surface area contributed by atoms with Crippen molar-refractivity contribution >= 4 is 44.0 Å². The van der Waals surface area contributed by atoms with Crippen molar-refractivity contribution in [2.45, 2.75) is 6.92 Å². The van der Waals surface area contributed by atoms with Crippen molar-refractivity contribution < 1.29 is 14.2 Å². The monoisotopic (exact) mass is 382 g/mol. The van der Waals surface area contributed by atoms with Crippen LogP contribution < -0.4 is 19.5 Å². The third-order valence-corrected chi connectivity index (χ3v) is 5.19. The fourth-order valence-corrected chi connectivity index (χ4v) is 3.99. The van der Waals surface area contributed by atoms with Gasteiger partial charge >= 0.3 is 0 Å². The summed E-state index contributed by atoms with van der Waals surface area (Å²) < 4.78 is 17.3. The summed E-state index contributed by atoms with van der Waals surface area (Å²) >= 11 is 1.63. The van der Waals surface area contributed by atoms with E-state index in [9.17, 15) is 0 Å². The Morgan fingerprint density at radius 1 is 0.926 bits per heavy atom. The highest BCUT2D eigenvalue weighted by Gasteiger charge is 2.16. The summed E-state index contributed by atoms with van der Waals surface area (Å²) in [7, 11) is 4.75. The number of methoxy groups -OCH3 is 3. The lowest BCUT2D eigenvalue weighted by molar-refractivity contribution is 0.324. The third-order valence-electron chi connectivity index (χ3n) is 4.19. The van der Waals surface area contributed by atoms with Crippen molar-refractivity contribution in [3.63, 3.8) is 0 Å². The van der Waals surface area contributed by atoms with E-state index >= 15 is 0 Å². The summed E-state index contributed by atoms with van der Waals surface area (Å²) in [6.45, 7) is 1.99. The first-order chi connectivity index (χ1) is 13.1. The molecule has 0 saturated heterocycles. The molecule has 0 saturated carbocycles. The van der Waals surface area contributed by atoms with Crippen LogP contribution in [-0.2, 0) is 0 Å². The normalized spacial score (nSPS) is 11.0. The van der Waals surface area contributed by atoms with Crippen molar-refractivity contribution in [3.8, 4) is 17.2 Å². The lowest BCUT2D eigenvalue weighted by atomic mass is 10.2. The van der Waals surface area contributed by atoms with E-state index in [2.05, 4.69) is 20.3 Å². The van der Waals surface area contributed by atoms with Crippen LogP contribution in [0.3, 0.4) is 0 Å². The van der Waals surface area contributed by atoms with Gasteiger partial charge in [-0.3, -0.25) is 0 Å². The van der Waals surface area contributed by atoms with Crippen LogP contribution in [0, 0.1) is 6.92 Å². The van der Waals surface area contributed by atoms with Crippen LogP contribution in [0.5, 0.6) is 17.2 Å². The maximum Gasteiger partial charge on any atom is 0.203 e. The van der Waals surface area contributed by atoms with Gasteiger partial charge in [-0.2, -0.15) is 0 Å². The molecule has 2 heterocycles. The Kier molecular flexibility index (Phi) is 4.41. The number of aryl methyl sites for hydroxylation is 1. The number of hydrogen-bond acceptors (Lipinski definition) is 8. The molecule has 1 N–H and O–H groups in total. The number of benzene rings is 2. The highest BCUT2D eigenvalue weighted by Crippen LogP contribution is 2.41. The number of aromatic nitrogens is 3. The summed E-state index contributed by atoms with van der Waals surface area (Å²) in [5.74, 6) is 2.37. The zero-order chi connectivity index (χ0) is 19.0. The predicted octanol–water partition coefficient (Wildman–Crippen LogP) is 4.32. The van der Waals surface area contributed by atoms with Crippen LogP contribution in [0.2, 0.25) is 0 Å². The molecule has 2 aromatic carbocycles. The molecule has 27 heavy (non-hydrogen) atoms. The second-order valence-electron chi connectivity index (χ2n) is 5.80. The molecule has 4 rings (SSSR count).